The summed E-state index contributed by atoms with van der Waals surface area (Å²) < 4.78 is 26.0. The van der Waals surface area contributed by atoms with Gasteiger partial charge in [-0.1, -0.05) is 36.7 Å². The van der Waals surface area contributed by atoms with Crippen molar-refractivity contribution in [3.05, 3.63) is 70.2 Å². The van der Waals surface area contributed by atoms with E-state index < -0.39 is 0 Å². The van der Waals surface area contributed by atoms with E-state index in [9.17, 15) is 8.78 Å². The van der Waals surface area contributed by atoms with E-state index >= 15 is 0 Å². The van der Waals surface area contributed by atoms with Gasteiger partial charge in [0.2, 0.25) is 0 Å². The molecule has 0 amide bonds. The summed E-state index contributed by atoms with van der Waals surface area (Å²) in [6.07, 6.45) is 0.666. The van der Waals surface area contributed by atoms with Crippen LogP contribution in [0.1, 0.15) is 24.1 Å². The van der Waals surface area contributed by atoms with Crippen LogP contribution in [0.2, 0.25) is 5.02 Å². The Kier molecular flexibility index (Phi) is 5.10. The molecule has 0 aromatic heterocycles. The molecule has 4 heteroatoms. The third-order valence-corrected chi connectivity index (χ3v) is 3.47. The number of rotatable bonds is 5. The zero-order valence-corrected chi connectivity index (χ0v) is 11.9. The number of hydrogen-bond donors (Lipinski definition) is 1. The molecular formula is C16H16ClF2N. The molecule has 2 rings (SSSR count). The van der Waals surface area contributed by atoms with E-state index in [0.717, 1.165) is 17.7 Å². The third-order valence-electron chi connectivity index (χ3n) is 3.14. The standard InChI is InChI=1S/C16H16ClF2N/c1-2-20-16(9-11-3-5-12(18)6-4-11)14-8-7-13(19)10-15(14)17/h3-8,10,16,20H,2,9H2,1H3. The highest BCUT2D eigenvalue weighted by atomic mass is 35.5. The first kappa shape index (κ1) is 14.9. The van der Waals surface area contributed by atoms with Crippen molar-refractivity contribution in [2.45, 2.75) is 19.4 Å². The fraction of sp³-hybridized carbons (Fsp3) is 0.250. The molecule has 1 unspecified atom stereocenters. The first-order valence-electron chi connectivity index (χ1n) is 6.53. The monoisotopic (exact) mass is 295 g/mol. The Morgan fingerprint density at radius 2 is 1.70 bits per heavy atom. The van der Waals surface area contributed by atoms with Crippen molar-refractivity contribution >= 4 is 11.6 Å². The molecule has 0 saturated heterocycles. The summed E-state index contributed by atoms with van der Waals surface area (Å²) in [7, 11) is 0. The summed E-state index contributed by atoms with van der Waals surface area (Å²) in [5.74, 6) is -0.607. The molecule has 106 valence electrons. The topological polar surface area (TPSA) is 12.0 Å². The zero-order valence-electron chi connectivity index (χ0n) is 11.2. The maximum Gasteiger partial charge on any atom is 0.124 e. The van der Waals surface area contributed by atoms with Gasteiger partial charge in [-0.05, 0) is 48.4 Å². The number of benzene rings is 2. The first-order valence-corrected chi connectivity index (χ1v) is 6.90. The number of hydrogen-bond acceptors (Lipinski definition) is 1. The van der Waals surface area contributed by atoms with E-state index in [0.29, 0.717) is 11.4 Å². The summed E-state index contributed by atoms with van der Waals surface area (Å²) in [4.78, 5) is 0. The molecule has 0 spiro atoms. The Labute approximate surface area is 122 Å². The zero-order chi connectivity index (χ0) is 14.5. The highest BCUT2D eigenvalue weighted by Crippen LogP contribution is 2.26. The Balaban J connectivity index is 2.24. The Morgan fingerprint density at radius 1 is 1.05 bits per heavy atom. The van der Waals surface area contributed by atoms with E-state index in [2.05, 4.69) is 5.32 Å². The normalized spacial score (nSPS) is 12.4. The number of halogens is 3. The molecule has 1 atom stereocenters. The summed E-state index contributed by atoms with van der Waals surface area (Å²) in [5, 5.41) is 3.72. The van der Waals surface area contributed by atoms with Crippen molar-refractivity contribution < 1.29 is 8.78 Å². The lowest BCUT2D eigenvalue weighted by molar-refractivity contribution is 0.546. The Bertz CT molecular complexity index is 569. The average Bonchev–Trinajstić information content (AvgIpc) is 2.41. The maximum atomic E-state index is 13.1. The van der Waals surface area contributed by atoms with Gasteiger partial charge < -0.3 is 5.32 Å². The minimum absolute atomic E-state index is 0.0291. The van der Waals surface area contributed by atoms with E-state index in [4.69, 9.17) is 11.6 Å². The van der Waals surface area contributed by atoms with E-state index in [-0.39, 0.29) is 17.7 Å². The van der Waals surface area contributed by atoms with Gasteiger partial charge in [0.05, 0.1) is 0 Å². The predicted octanol–water partition coefficient (Wildman–Crippen LogP) is 4.51. The van der Waals surface area contributed by atoms with Crippen LogP contribution in [0.4, 0.5) is 8.78 Å². The quantitative estimate of drug-likeness (QED) is 0.855. The Morgan fingerprint density at radius 3 is 2.30 bits per heavy atom. The lowest BCUT2D eigenvalue weighted by Crippen LogP contribution is -2.23. The van der Waals surface area contributed by atoms with Crippen LogP contribution in [0, 0.1) is 11.6 Å². The fourth-order valence-corrected chi connectivity index (χ4v) is 2.48. The highest BCUT2D eigenvalue weighted by Gasteiger charge is 2.15. The summed E-state index contributed by atoms with van der Waals surface area (Å²) >= 11 is 6.11. The molecule has 2 aromatic rings. The molecule has 0 saturated carbocycles. The summed E-state index contributed by atoms with van der Waals surface area (Å²) in [6.45, 7) is 2.76. The van der Waals surface area contributed by atoms with Crippen LogP contribution in [0.15, 0.2) is 42.5 Å². The highest BCUT2D eigenvalue weighted by molar-refractivity contribution is 6.31. The van der Waals surface area contributed by atoms with Crippen LogP contribution in [0.5, 0.6) is 0 Å². The van der Waals surface area contributed by atoms with Gasteiger partial charge in [-0.2, -0.15) is 0 Å². The molecule has 0 bridgehead atoms. The number of nitrogens with one attached hydrogen (secondary N) is 1. The summed E-state index contributed by atoms with van der Waals surface area (Å²) in [5.41, 5.74) is 1.84. The lowest BCUT2D eigenvalue weighted by atomic mass is 9.98. The molecule has 0 radical (unpaired) electrons. The number of likely N-dealkylation sites (N-methyl/N-ethyl adjacent to an activating group) is 1. The van der Waals surface area contributed by atoms with Gasteiger partial charge >= 0.3 is 0 Å². The fourth-order valence-electron chi connectivity index (χ4n) is 2.18. The molecule has 2 aromatic carbocycles. The second-order valence-corrected chi connectivity index (χ2v) is 5.01. The van der Waals surface area contributed by atoms with Crippen molar-refractivity contribution in [2.75, 3.05) is 6.54 Å². The smallest absolute Gasteiger partial charge is 0.124 e. The average molecular weight is 296 g/mol. The summed E-state index contributed by atoms with van der Waals surface area (Å²) in [6, 6.07) is 10.7. The molecular weight excluding hydrogens is 280 g/mol. The minimum atomic E-state index is -0.351. The van der Waals surface area contributed by atoms with Gasteiger partial charge in [-0.3, -0.25) is 0 Å². The van der Waals surface area contributed by atoms with Crippen molar-refractivity contribution in [3.8, 4) is 0 Å². The van der Waals surface area contributed by atoms with Crippen LogP contribution in [0.3, 0.4) is 0 Å². The van der Waals surface area contributed by atoms with E-state index in [1.54, 1.807) is 18.2 Å². The van der Waals surface area contributed by atoms with Crippen molar-refractivity contribution in [3.63, 3.8) is 0 Å². The third kappa shape index (κ3) is 3.78. The molecule has 0 aliphatic heterocycles. The van der Waals surface area contributed by atoms with E-state index in [1.807, 2.05) is 6.92 Å². The van der Waals surface area contributed by atoms with Crippen molar-refractivity contribution in [1.82, 2.24) is 5.32 Å². The van der Waals surface area contributed by atoms with Crippen LogP contribution < -0.4 is 5.32 Å². The van der Waals surface area contributed by atoms with Crippen molar-refractivity contribution in [1.29, 1.82) is 0 Å². The minimum Gasteiger partial charge on any atom is -0.310 e. The molecule has 0 fully saturated rings. The van der Waals surface area contributed by atoms with Crippen molar-refractivity contribution in [2.24, 2.45) is 0 Å². The molecule has 0 aliphatic rings. The van der Waals surface area contributed by atoms with Crippen LogP contribution in [-0.2, 0) is 6.42 Å². The van der Waals surface area contributed by atoms with Gasteiger partial charge in [-0.25, -0.2) is 8.78 Å². The maximum absolute atomic E-state index is 13.1. The van der Waals surface area contributed by atoms with Gasteiger partial charge in [0.25, 0.3) is 0 Å². The largest absolute Gasteiger partial charge is 0.310 e. The van der Waals surface area contributed by atoms with Crippen LogP contribution in [-0.4, -0.2) is 6.54 Å². The first-order chi connectivity index (χ1) is 9.60. The van der Waals surface area contributed by atoms with Crippen LogP contribution >= 0.6 is 11.6 Å². The second-order valence-electron chi connectivity index (χ2n) is 4.61. The van der Waals surface area contributed by atoms with Gasteiger partial charge in [0, 0.05) is 11.1 Å². The second kappa shape index (κ2) is 6.82. The molecule has 20 heavy (non-hydrogen) atoms. The van der Waals surface area contributed by atoms with Gasteiger partial charge in [-0.15, -0.1) is 0 Å². The predicted molar refractivity (Wildman–Crippen MR) is 77.9 cm³/mol. The lowest BCUT2D eigenvalue weighted by Gasteiger charge is -2.20. The Hall–Kier alpha value is -1.45. The molecule has 0 aliphatic carbocycles. The van der Waals surface area contributed by atoms with Gasteiger partial charge in [0.1, 0.15) is 11.6 Å². The van der Waals surface area contributed by atoms with Crippen LogP contribution in [0.25, 0.3) is 0 Å². The molecule has 1 nitrogen and oxygen atoms in total. The molecule has 1 N–H and O–H groups in total. The molecule has 0 heterocycles. The SMILES string of the molecule is CCNC(Cc1ccc(F)cc1)c1ccc(F)cc1Cl. The van der Waals surface area contributed by atoms with E-state index in [1.165, 1.54) is 24.3 Å². The van der Waals surface area contributed by atoms with Gasteiger partial charge in [0.15, 0.2) is 0 Å².